The Morgan fingerprint density at radius 1 is 1.07 bits per heavy atom. The normalized spacial score (nSPS) is 18.8. The number of piperazine rings is 1. The molecule has 1 aliphatic heterocycles. The first-order chi connectivity index (χ1) is 13.2. The van der Waals surface area contributed by atoms with Crippen LogP contribution in [0.4, 0.5) is 15.9 Å². The van der Waals surface area contributed by atoms with Crippen LogP contribution >= 0.6 is 0 Å². The molecule has 1 saturated carbocycles. The number of amides is 1. The lowest BCUT2D eigenvalue weighted by molar-refractivity contribution is -0.117. The van der Waals surface area contributed by atoms with Crippen LogP contribution < -0.4 is 10.2 Å². The Morgan fingerprint density at radius 3 is 2.48 bits per heavy atom. The molecule has 27 heavy (non-hydrogen) atoms. The highest BCUT2D eigenvalue weighted by Crippen LogP contribution is 2.31. The molecule has 4 rings (SSSR count). The minimum Gasteiger partial charge on any atom is -0.369 e. The second-order valence-corrected chi connectivity index (χ2v) is 7.39. The van der Waals surface area contributed by atoms with Gasteiger partial charge in [-0.1, -0.05) is 12.8 Å². The van der Waals surface area contributed by atoms with Gasteiger partial charge in [-0.25, -0.2) is 9.07 Å². The van der Waals surface area contributed by atoms with Gasteiger partial charge in [0.2, 0.25) is 5.91 Å². The highest BCUT2D eigenvalue weighted by atomic mass is 19.1. The third-order valence-electron chi connectivity index (χ3n) is 5.54. The quantitative estimate of drug-likeness (QED) is 0.878. The van der Waals surface area contributed by atoms with E-state index in [0.29, 0.717) is 12.6 Å². The number of nitrogens with one attached hydrogen (secondary N) is 1. The standard InChI is InChI=1S/C20H26FN5O/c21-16-5-7-17(8-6-16)25-13-11-24(12-14-25)15-20(27)23-19-9-10-22-26(19)18-3-1-2-4-18/h5-10,18H,1-4,11-15H2,(H,23,27). The Balaban J connectivity index is 1.27. The zero-order chi connectivity index (χ0) is 18.6. The third kappa shape index (κ3) is 4.30. The predicted octanol–water partition coefficient (Wildman–Crippen LogP) is 2.90. The minimum atomic E-state index is -0.217. The number of benzene rings is 1. The topological polar surface area (TPSA) is 53.4 Å². The summed E-state index contributed by atoms with van der Waals surface area (Å²) in [5.74, 6) is 0.590. The van der Waals surface area contributed by atoms with Crippen molar-refractivity contribution in [2.24, 2.45) is 0 Å². The number of rotatable bonds is 5. The predicted molar refractivity (Wildman–Crippen MR) is 103 cm³/mol. The number of hydrogen-bond acceptors (Lipinski definition) is 4. The summed E-state index contributed by atoms with van der Waals surface area (Å²) in [4.78, 5) is 16.9. The molecule has 0 atom stereocenters. The van der Waals surface area contributed by atoms with Gasteiger partial charge in [-0.2, -0.15) is 5.10 Å². The molecule has 7 heteroatoms. The fourth-order valence-electron chi connectivity index (χ4n) is 4.05. The monoisotopic (exact) mass is 371 g/mol. The van der Waals surface area contributed by atoms with Crippen LogP contribution in [0.1, 0.15) is 31.7 Å². The number of nitrogens with zero attached hydrogens (tertiary/aromatic N) is 4. The molecule has 0 unspecified atom stereocenters. The van der Waals surface area contributed by atoms with Gasteiger partial charge in [-0.05, 0) is 37.1 Å². The van der Waals surface area contributed by atoms with Crippen molar-refractivity contribution in [2.45, 2.75) is 31.7 Å². The number of hydrogen-bond donors (Lipinski definition) is 1. The van der Waals surface area contributed by atoms with Gasteiger partial charge >= 0.3 is 0 Å². The first kappa shape index (κ1) is 18.0. The van der Waals surface area contributed by atoms with E-state index in [0.717, 1.165) is 50.5 Å². The highest BCUT2D eigenvalue weighted by Gasteiger charge is 2.22. The molecule has 2 heterocycles. The van der Waals surface area contributed by atoms with Crippen LogP contribution in [0, 0.1) is 5.82 Å². The van der Waals surface area contributed by atoms with E-state index >= 15 is 0 Å². The molecule has 1 amide bonds. The Kier molecular flexibility index (Phi) is 5.38. The summed E-state index contributed by atoms with van der Waals surface area (Å²) >= 11 is 0. The Morgan fingerprint density at radius 2 is 1.78 bits per heavy atom. The fraction of sp³-hybridized carbons (Fsp3) is 0.500. The second-order valence-electron chi connectivity index (χ2n) is 7.39. The van der Waals surface area contributed by atoms with Gasteiger partial charge in [0.05, 0.1) is 18.8 Å². The van der Waals surface area contributed by atoms with Crippen molar-refractivity contribution in [1.82, 2.24) is 14.7 Å². The summed E-state index contributed by atoms with van der Waals surface area (Å²) in [6.45, 7) is 3.67. The minimum absolute atomic E-state index is 0.00461. The molecular weight excluding hydrogens is 345 g/mol. The van der Waals surface area contributed by atoms with E-state index in [4.69, 9.17) is 0 Å². The molecule has 1 aromatic carbocycles. The first-order valence-corrected chi connectivity index (χ1v) is 9.75. The van der Waals surface area contributed by atoms with Crippen molar-refractivity contribution in [3.63, 3.8) is 0 Å². The van der Waals surface area contributed by atoms with E-state index in [1.807, 2.05) is 22.9 Å². The average molecular weight is 371 g/mol. The van der Waals surface area contributed by atoms with Gasteiger partial charge in [0.15, 0.2) is 0 Å². The molecule has 0 radical (unpaired) electrons. The molecule has 0 spiro atoms. The van der Waals surface area contributed by atoms with Crippen LogP contribution in [0.3, 0.4) is 0 Å². The van der Waals surface area contributed by atoms with Gasteiger partial charge in [0, 0.05) is 37.9 Å². The Hall–Kier alpha value is -2.41. The molecule has 1 N–H and O–H groups in total. The summed E-state index contributed by atoms with van der Waals surface area (Å²) in [6.07, 6.45) is 6.49. The molecule has 0 bridgehead atoms. The number of aromatic nitrogens is 2. The second kappa shape index (κ2) is 8.08. The smallest absolute Gasteiger partial charge is 0.239 e. The first-order valence-electron chi connectivity index (χ1n) is 9.75. The molecule has 1 aliphatic carbocycles. The summed E-state index contributed by atoms with van der Waals surface area (Å²) in [5.41, 5.74) is 1.03. The maximum absolute atomic E-state index is 13.1. The molecule has 2 aliphatic rings. The van der Waals surface area contributed by atoms with Crippen LogP contribution in [-0.4, -0.2) is 53.3 Å². The van der Waals surface area contributed by atoms with E-state index in [9.17, 15) is 9.18 Å². The lowest BCUT2D eigenvalue weighted by Gasteiger charge is -2.35. The maximum Gasteiger partial charge on any atom is 0.239 e. The number of halogens is 1. The highest BCUT2D eigenvalue weighted by molar-refractivity contribution is 5.91. The van der Waals surface area contributed by atoms with Crippen LogP contribution in [0.5, 0.6) is 0 Å². The van der Waals surface area contributed by atoms with Crippen molar-refractivity contribution >= 4 is 17.4 Å². The van der Waals surface area contributed by atoms with E-state index in [2.05, 4.69) is 20.2 Å². The zero-order valence-electron chi connectivity index (χ0n) is 15.5. The molecular formula is C20H26FN5O. The lowest BCUT2D eigenvalue weighted by Crippen LogP contribution is -2.48. The molecule has 144 valence electrons. The van der Waals surface area contributed by atoms with Crippen LogP contribution in [0.2, 0.25) is 0 Å². The molecule has 2 fully saturated rings. The van der Waals surface area contributed by atoms with Crippen molar-refractivity contribution in [2.75, 3.05) is 42.9 Å². The van der Waals surface area contributed by atoms with Gasteiger partial charge in [0.25, 0.3) is 0 Å². The number of carbonyl (C=O) groups excluding carboxylic acids is 1. The zero-order valence-corrected chi connectivity index (χ0v) is 15.5. The number of carbonyl (C=O) groups is 1. The van der Waals surface area contributed by atoms with Gasteiger partial charge in [-0.3, -0.25) is 9.69 Å². The lowest BCUT2D eigenvalue weighted by atomic mass is 10.2. The summed E-state index contributed by atoms with van der Waals surface area (Å²) in [5, 5.41) is 7.43. The van der Waals surface area contributed by atoms with Gasteiger partial charge in [-0.15, -0.1) is 0 Å². The van der Waals surface area contributed by atoms with E-state index in [-0.39, 0.29) is 11.7 Å². The van der Waals surface area contributed by atoms with Gasteiger partial charge < -0.3 is 10.2 Å². The average Bonchev–Trinajstić information content (AvgIpc) is 3.34. The fourth-order valence-corrected chi connectivity index (χ4v) is 4.05. The molecule has 1 saturated heterocycles. The maximum atomic E-state index is 13.1. The largest absolute Gasteiger partial charge is 0.369 e. The van der Waals surface area contributed by atoms with Crippen molar-refractivity contribution in [3.8, 4) is 0 Å². The summed E-state index contributed by atoms with van der Waals surface area (Å²) in [7, 11) is 0. The van der Waals surface area contributed by atoms with E-state index < -0.39 is 0 Å². The summed E-state index contributed by atoms with van der Waals surface area (Å²) in [6, 6.07) is 8.88. The van der Waals surface area contributed by atoms with E-state index in [1.165, 1.54) is 25.0 Å². The Labute approximate surface area is 158 Å². The van der Waals surface area contributed by atoms with Crippen molar-refractivity contribution in [3.05, 3.63) is 42.3 Å². The molecule has 2 aromatic rings. The van der Waals surface area contributed by atoms with Crippen LogP contribution in [0.15, 0.2) is 36.5 Å². The SMILES string of the molecule is O=C(CN1CCN(c2ccc(F)cc2)CC1)Nc1ccnn1C1CCCC1. The third-order valence-corrected chi connectivity index (χ3v) is 5.54. The number of anilines is 2. The van der Waals surface area contributed by atoms with Gasteiger partial charge in [0.1, 0.15) is 11.6 Å². The Bertz CT molecular complexity index is 761. The van der Waals surface area contributed by atoms with Crippen molar-refractivity contribution < 1.29 is 9.18 Å². The van der Waals surface area contributed by atoms with Crippen LogP contribution in [-0.2, 0) is 4.79 Å². The molecule has 1 aromatic heterocycles. The summed E-state index contributed by atoms with van der Waals surface area (Å²) < 4.78 is 15.0. The molecule has 6 nitrogen and oxygen atoms in total. The van der Waals surface area contributed by atoms with Crippen molar-refractivity contribution in [1.29, 1.82) is 0 Å². The van der Waals surface area contributed by atoms with Crippen LogP contribution in [0.25, 0.3) is 0 Å². The van der Waals surface area contributed by atoms with E-state index in [1.54, 1.807) is 6.20 Å².